The zero-order valence-corrected chi connectivity index (χ0v) is 15.9. The van der Waals surface area contributed by atoms with E-state index in [0.717, 1.165) is 53.9 Å². The number of nitrogens with one attached hydrogen (secondary N) is 1. The van der Waals surface area contributed by atoms with Crippen LogP contribution in [0.3, 0.4) is 0 Å². The second kappa shape index (κ2) is 7.53. The lowest BCUT2D eigenvalue weighted by Gasteiger charge is -2.32. The molecule has 1 amide bonds. The first kappa shape index (κ1) is 17.7. The van der Waals surface area contributed by atoms with Gasteiger partial charge in [-0.3, -0.25) is 9.78 Å². The van der Waals surface area contributed by atoms with E-state index in [4.69, 9.17) is 11.6 Å². The van der Waals surface area contributed by atoms with Gasteiger partial charge in [-0.25, -0.2) is 4.98 Å². The summed E-state index contributed by atoms with van der Waals surface area (Å²) in [5.41, 5.74) is 1.82. The number of hydrogen-bond donors (Lipinski definition) is 1. The molecule has 1 aliphatic rings. The van der Waals surface area contributed by atoms with Crippen molar-refractivity contribution in [3.63, 3.8) is 0 Å². The topological polar surface area (TPSA) is 58.1 Å². The molecule has 27 heavy (non-hydrogen) atoms. The van der Waals surface area contributed by atoms with E-state index in [1.54, 1.807) is 12.4 Å². The van der Waals surface area contributed by atoms with Gasteiger partial charge in [-0.05, 0) is 44.0 Å². The third-order valence-corrected chi connectivity index (χ3v) is 5.39. The van der Waals surface area contributed by atoms with Crippen molar-refractivity contribution in [1.82, 2.24) is 9.97 Å². The number of amides is 1. The molecule has 1 saturated heterocycles. The number of benzene rings is 1. The lowest BCUT2D eigenvalue weighted by molar-refractivity contribution is -0.120. The highest BCUT2D eigenvalue weighted by molar-refractivity contribution is 6.30. The summed E-state index contributed by atoms with van der Waals surface area (Å²) >= 11 is 5.91. The molecule has 6 heteroatoms. The van der Waals surface area contributed by atoms with Gasteiger partial charge in [0.05, 0.1) is 5.02 Å². The number of aromatic nitrogens is 2. The van der Waals surface area contributed by atoms with E-state index in [1.165, 1.54) is 0 Å². The molecular formula is C21H21ClN4O. The van der Waals surface area contributed by atoms with Crippen LogP contribution in [0.5, 0.6) is 0 Å². The number of aryl methyl sites for hydroxylation is 1. The summed E-state index contributed by atoms with van der Waals surface area (Å²) in [6, 6.07) is 11.7. The Hall–Kier alpha value is -2.66. The largest absolute Gasteiger partial charge is 0.357 e. The zero-order valence-electron chi connectivity index (χ0n) is 15.2. The van der Waals surface area contributed by atoms with Crippen LogP contribution in [-0.2, 0) is 4.79 Å². The van der Waals surface area contributed by atoms with E-state index < -0.39 is 0 Å². The van der Waals surface area contributed by atoms with Crippen LogP contribution in [-0.4, -0.2) is 29.0 Å². The highest BCUT2D eigenvalue weighted by Crippen LogP contribution is 2.27. The fourth-order valence-corrected chi connectivity index (χ4v) is 3.73. The second-order valence-corrected chi connectivity index (χ2v) is 7.32. The average Bonchev–Trinajstić information content (AvgIpc) is 2.69. The Morgan fingerprint density at radius 2 is 1.93 bits per heavy atom. The molecule has 5 nitrogen and oxygen atoms in total. The van der Waals surface area contributed by atoms with Gasteiger partial charge in [0.1, 0.15) is 5.82 Å². The van der Waals surface area contributed by atoms with Gasteiger partial charge >= 0.3 is 0 Å². The Kier molecular flexibility index (Phi) is 4.94. The quantitative estimate of drug-likeness (QED) is 0.729. The normalized spacial score (nSPS) is 15.1. The van der Waals surface area contributed by atoms with Gasteiger partial charge in [0, 0.05) is 53.6 Å². The molecule has 1 N–H and O–H groups in total. The summed E-state index contributed by atoms with van der Waals surface area (Å²) < 4.78 is 0. The van der Waals surface area contributed by atoms with Gasteiger partial charge < -0.3 is 10.2 Å². The van der Waals surface area contributed by atoms with Crippen molar-refractivity contribution in [2.24, 2.45) is 5.92 Å². The van der Waals surface area contributed by atoms with Crippen molar-refractivity contribution in [2.45, 2.75) is 19.8 Å². The Morgan fingerprint density at radius 1 is 1.11 bits per heavy atom. The molecule has 0 bridgehead atoms. The third-order valence-electron chi connectivity index (χ3n) is 5.16. The average molecular weight is 381 g/mol. The summed E-state index contributed by atoms with van der Waals surface area (Å²) in [6.45, 7) is 3.60. The van der Waals surface area contributed by atoms with Gasteiger partial charge in [0.25, 0.3) is 0 Å². The SMILES string of the molecule is Cc1nccc2c(NC(=O)C3CCN(c4ccc(Cl)cn4)CC3)cccc12. The number of carbonyl (C=O) groups excluding carboxylic acids is 1. The van der Waals surface area contributed by atoms with E-state index in [-0.39, 0.29) is 11.8 Å². The summed E-state index contributed by atoms with van der Waals surface area (Å²) in [5, 5.41) is 5.86. The standard InChI is InChI=1S/C21H21ClN4O/c1-14-17-3-2-4-19(18(17)7-10-23-14)25-21(27)15-8-11-26(12-9-15)20-6-5-16(22)13-24-20/h2-7,10,13,15H,8-9,11-12H2,1H3,(H,25,27). The molecule has 1 aliphatic heterocycles. The van der Waals surface area contributed by atoms with Crippen molar-refractivity contribution in [2.75, 3.05) is 23.3 Å². The lowest BCUT2D eigenvalue weighted by atomic mass is 9.95. The van der Waals surface area contributed by atoms with Gasteiger partial charge in [-0.2, -0.15) is 0 Å². The minimum absolute atomic E-state index is 0.00624. The molecule has 0 aliphatic carbocycles. The number of carbonyl (C=O) groups is 1. The molecule has 3 heterocycles. The zero-order chi connectivity index (χ0) is 18.8. The number of pyridine rings is 2. The van der Waals surface area contributed by atoms with Gasteiger partial charge in [0.2, 0.25) is 5.91 Å². The maximum atomic E-state index is 12.8. The molecule has 1 fully saturated rings. The third kappa shape index (κ3) is 3.74. The second-order valence-electron chi connectivity index (χ2n) is 6.88. The van der Waals surface area contributed by atoms with Crippen LogP contribution in [0.2, 0.25) is 5.02 Å². The van der Waals surface area contributed by atoms with Crippen molar-refractivity contribution >= 4 is 39.8 Å². The van der Waals surface area contributed by atoms with Crippen molar-refractivity contribution in [3.8, 4) is 0 Å². The number of anilines is 2. The van der Waals surface area contributed by atoms with E-state index in [0.29, 0.717) is 5.02 Å². The first-order valence-corrected chi connectivity index (χ1v) is 9.51. The van der Waals surface area contributed by atoms with Gasteiger partial charge in [0.15, 0.2) is 0 Å². The number of hydrogen-bond acceptors (Lipinski definition) is 4. The van der Waals surface area contributed by atoms with Crippen LogP contribution >= 0.6 is 11.6 Å². The monoisotopic (exact) mass is 380 g/mol. The maximum Gasteiger partial charge on any atom is 0.227 e. The van der Waals surface area contributed by atoms with E-state index >= 15 is 0 Å². The number of halogens is 1. The Morgan fingerprint density at radius 3 is 2.67 bits per heavy atom. The fraction of sp³-hybridized carbons (Fsp3) is 0.286. The van der Waals surface area contributed by atoms with Crippen LogP contribution < -0.4 is 10.2 Å². The highest BCUT2D eigenvalue weighted by Gasteiger charge is 2.26. The highest BCUT2D eigenvalue weighted by atomic mass is 35.5. The van der Waals surface area contributed by atoms with Crippen molar-refractivity contribution in [3.05, 3.63) is 59.5 Å². The van der Waals surface area contributed by atoms with Crippen LogP contribution in [0.1, 0.15) is 18.5 Å². The Bertz CT molecular complexity index is 966. The summed E-state index contributed by atoms with van der Waals surface area (Å²) in [6.07, 6.45) is 5.06. The molecule has 138 valence electrons. The van der Waals surface area contributed by atoms with E-state index in [9.17, 15) is 4.79 Å². The minimum atomic E-state index is 0.00624. The van der Waals surface area contributed by atoms with Crippen LogP contribution in [0.25, 0.3) is 10.8 Å². The number of nitrogens with zero attached hydrogens (tertiary/aromatic N) is 3. The maximum absolute atomic E-state index is 12.8. The first-order chi connectivity index (χ1) is 13.1. The molecule has 0 saturated carbocycles. The van der Waals surface area contributed by atoms with Crippen LogP contribution in [0.4, 0.5) is 11.5 Å². The lowest BCUT2D eigenvalue weighted by Crippen LogP contribution is -2.38. The predicted octanol–water partition coefficient (Wildman–Crippen LogP) is 4.45. The molecule has 4 rings (SSSR count). The van der Waals surface area contributed by atoms with Gasteiger partial charge in [-0.1, -0.05) is 23.7 Å². The minimum Gasteiger partial charge on any atom is -0.357 e. The molecule has 2 aromatic heterocycles. The Balaban J connectivity index is 1.43. The van der Waals surface area contributed by atoms with Gasteiger partial charge in [-0.15, -0.1) is 0 Å². The summed E-state index contributed by atoms with van der Waals surface area (Å²) in [4.78, 5) is 23.7. The smallest absolute Gasteiger partial charge is 0.227 e. The molecule has 0 atom stereocenters. The molecular weight excluding hydrogens is 360 g/mol. The van der Waals surface area contributed by atoms with Crippen molar-refractivity contribution < 1.29 is 4.79 Å². The van der Waals surface area contributed by atoms with E-state index in [2.05, 4.69) is 20.2 Å². The van der Waals surface area contributed by atoms with Crippen molar-refractivity contribution in [1.29, 1.82) is 0 Å². The van der Waals surface area contributed by atoms with Crippen LogP contribution in [0.15, 0.2) is 48.8 Å². The number of fused-ring (bicyclic) bond motifs is 1. The molecule has 0 unspecified atom stereocenters. The van der Waals surface area contributed by atoms with Crippen LogP contribution in [0, 0.1) is 12.8 Å². The molecule has 3 aromatic rings. The Labute approximate surface area is 163 Å². The summed E-state index contributed by atoms with van der Waals surface area (Å²) in [7, 11) is 0. The fourth-order valence-electron chi connectivity index (χ4n) is 3.62. The first-order valence-electron chi connectivity index (χ1n) is 9.13. The molecule has 0 radical (unpaired) electrons. The predicted molar refractivity (Wildman–Crippen MR) is 109 cm³/mol. The number of rotatable bonds is 3. The number of piperidine rings is 1. The molecule has 0 spiro atoms. The van der Waals surface area contributed by atoms with E-state index in [1.807, 2.05) is 43.3 Å². The summed E-state index contributed by atoms with van der Waals surface area (Å²) in [5.74, 6) is 1.00. The molecule has 1 aromatic carbocycles.